The lowest BCUT2D eigenvalue weighted by molar-refractivity contribution is -0.142. The predicted octanol–water partition coefficient (Wildman–Crippen LogP) is 2.08. The fourth-order valence-corrected chi connectivity index (χ4v) is 2.28. The average molecular weight is 279 g/mol. The molecule has 0 heterocycles. The lowest BCUT2D eigenvalue weighted by atomic mass is 9.97. The zero-order valence-corrected chi connectivity index (χ0v) is 12.6. The molecule has 20 heavy (non-hydrogen) atoms. The highest BCUT2D eigenvalue weighted by Gasteiger charge is 2.23. The van der Waals surface area contributed by atoms with Gasteiger partial charge in [-0.15, -0.1) is 0 Å². The summed E-state index contributed by atoms with van der Waals surface area (Å²) in [6.07, 6.45) is 1.65. The standard InChI is InChI=1S/C16H25NO3/c1-4-10-16(2,19)12-17-11-14(15(18)20-3)13-8-6-5-7-9-13/h5-9,14,17,19H,4,10-12H2,1-3H3. The van der Waals surface area contributed by atoms with Crippen molar-refractivity contribution in [1.29, 1.82) is 0 Å². The maximum absolute atomic E-state index is 11.9. The predicted molar refractivity (Wildman–Crippen MR) is 79.6 cm³/mol. The molecule has 0 fully saturated rings. The summed E-state index contributed by atoms with van der Waals surface area (Å²) < 4.78 is 4.86. The van der Waals surface area contributed by atoms with Gasteiger partial charge in [0.25, 0.3) is 0 Å². The van der Waals surface area contributed by atoms with E-state index in [1.54, 1.807) is 6.92 Å². The van der Waals surface area contributed by atoms with Crippen LogP contribution in [0.25, 0.3) is 0 Å². The molecule has 2 unspecified atom stereocenters. The molecule has 0 amide bonds. The summed E-state index contributed by atoms with van der Waals surface area (Å²) in [5.74, 6) is -0.613. The second kappa shape index (κ2) is 8.02. The molecule has 0 saturated heterocycles. The van der Waals surface area contributed by atoms with E-state index in [0.717, 1.165) is 18.4 Å². The molecule has 4 heteroatoms. The molecule has 0 aliphatic carbocycles. The van der Waals surface area contributed by atoms with Gasteiger partial charge in [0.05, 0.1) is 18.6 Å². The Labute approximate surface area is 121 Å². The molecule has 0 aliphatic heterocycles. The molecule has 112 valence electrons. The Morgan fingerprint density at radius 1 is 1.40 bits per heavy atom. The van der Waals surface area contributed by atoms with Crippen molar-refractivity contribution in [2.75, 3.05) is 20.2 Å². The number of hydrogen-bond donors (Lipinski definition) is 2. The van der Waals surface area contributed by atoms with Crippen LogP contribution in [0.1, 0.15) is 38.2 Å². The average Bonchev–Trinajstić information content (AvgIpc) is 2.43. The highest BCUT2D eigenvalue weighted by Crippen LogP contribution is 2.17. The van der Waals surface area contributed by atoms with Crippen molar-refractivity contribution in [3.8, 4) is 0 Å². The minimum atomic E-state index is -0.744. The van der Waals surface area contributed by atoms with Gasteiger partial charge < -0.3 is 15.2 Å². The van der Waals surface area contributed by atoms with Crippen LogP contribution >= 0.6 is 0 Å². The highest BCUT2D eigenvalue weighted by molar-refractivity contribution is 5.78. The van der Waals surface area contributed by atoms with Gasteiger partial charge in [0.1, 0.15) is 0 Å². The zero-order chi connectivity index (χ0) is 15.0. The van der Waals surface area contributed by atoms with Gasteiger partial charge in [-0.05, 0) is 18.9 Å². The van der Waals surface area contributed by atoms with Crippen LogP contribution in [0.2, 0.25) is 0 Å². The first-order chi connectivity index (χ1) is 9.50. The summed E-state index contributed by atoms with van der Waals surface area (Å²) in [7, 11) is 1.39. The molecular formula is C16H25NO3. The fraction of sp³-hybridized carbons (Fsp3) is 0.562. The molecule has 0 bridgehead atoms. The van der Waals surface area contributed by atoms with Gasteiger partial charge >= 0.3 is 5.97 Å². The lowest BCUT2D eigenvalue weighted by Crippen LogP contribution is -2.40. The molecule has 0 spiro atoms. The second-order valence-electron chi connectivity index (χ2n) is 5.36. The minimum Gasteiger partial charge on any atom is -0.469 e. The Balaban J connectivity index is 2.61. The Kier molecular flexibility index (Phi) is 6.68. The lowest BCUT2D eigenvalue weighted by Gasteiger charge is -2.24. The second-order valence-corrected chi connectivity index (χ2v) is 5.36. The third-order valence-electron chi connectivity index (χ3n) is 3.33. The zero-order valence-electron chi connectivity index (χ0n) is 12.6. The number of hydrogen-bond acceptors (Lipinski definition) is 4. The van der Waals surface area contributed by atoms with Crippen LogP contribution in [0.4, 0.5) is 0 Å². The highest BCUT2D eigenvalue weighted by atomic mass is 16.5. The van der Waals surface area contributed by atoms with Crippen molar-refractivity contribution < 1.29 is 14.6 Å². The number of nitrogens with one attached hydrogen (secondary N) is 1. The van der Waals surface area contributed by atoms with E-state index in [4.69, 9.17) is 4.74 Å². The summed E-state index contributed by atoms with van der Waals surface area (Å²) in [6.45, 7) is 4.76. The Bertz CT molecular complexity index is 403. The van der Waals surface area contributed by atoms with Gasteiger partial charge in [-0.3, -0.25) is 4.79 Å². The number of carbonyl (C=O) groups excluding carboxylic acids is 1. The summed E-state index contributed by atoms with van der Waals surface area (Å²) in [4.78, 5) is 11.9. The number of rotatable bonds is 8. The van der Waals surface area contributed by atoms with E-state index in [0.29, 0.717) is 13.1 Å². The van der Waals surface area contributed by atoms with Crippen LogP contribution < -0.4 is 5.32 Å². The minimum absolute atomic E-state index is 0.265. The van der Waals surface area contributed by atoms with Crippen LogP contribution in [0.3, 0.4) is 0 Å². The van der Waals surface area contributed by atoms with Gasteiger partial charge in [0.15, 0.2) is 0 Å². The Hall–Kier alpha value is -1.39. The largest absolute Gasteiger partial charge is 0.469 e. The van der Waals surface area contributed by atoms with Crippen molar-refractivity contribution in [1.82, 2.24) is 5.32 Å². The molecule has 0 radical (unpaired) electrons. The topological polar surface area (TPSA) is 58.6 Å². The number of benzene rings is 1. The van der Waals surface area contributed by atoms with Crippen molar-refractivity contribution in [2.45, 2.75) is 38.2 Å². The Morgan fingerprint density at radius 3 is 2.60 bits per heavy atom. The number of carbonyl (C=O) groups is 1. The molecule has 0 aromatic heterocycles. The van der Waals surface area contributed by atoms with Gasteiger partial charge in [-0.2, -0.15) is 0 Å². The van der Waals surface area contributed by atoms with Crippen LogP contribution in [0.15, 0.2) is 30.3 Å². The third-order valence-corrected chi connectivity index (χ3v) is 3.33. The van der Waals surface area contributed by atoms with Crippen molar-refractivity contribution in [2.24, 2.45) is 0 Å². The fourth-order valence-electron chi connectivity index (χ4n) is 2.28. The summed E-state index contributed by atoms with van der Waals surface area (Å²) in [6, 6.07) is 9.54. The summed E-state index contributed by atoms with van der Waals surface area (Å²) in [5, 5.41) is 13.3. The van der Waals surface area contributed by atoms with E-state index in [-0.39, 0.29) is 11.9 Å². The van der Waals surface area contributed by atoms with Gasteiger partial charge in [-0.25, -0.2) is 0 Å². The Morgan fingerprint density at radius 2 is 2.05 bits per heavy atom. The summed E-state index contributed by atoms with van der Waals surface area (Å²) >= 11 is 0. The van der Waals surface area contributed by atoms with Gasteiger partial charge in [0, 0.05) is 13.1 Å². The molecule has 2 atom stereocenters. The third kappa shape index (κ3) is 5.31. The quantitative estimate of drug-likeness (QED) is 0.715. The van der Waals surface area contributed by atoms with Crippen LogP contribution in [0, 0.1) is 0 Å². The molecule has 2 N–H and O–H groups in total. The number of esters is 1. The SMILES string of the molecule is CCCC(C)(O)CNCC(C(=O)OC)c1ccccc1. The molecule has 4 nitrogen and oxygen atoms in total. The molecule has 0 saturated carbocycles. The molecule has 1 rings (SSSR count). The first-order valence-corrected chi connectivity index (χ1v) is 7.06. The van der Waals surface area contributed by atoms with E-state index in [1.165, 1.54) is 7.11 Å². The van der Waals surface area contributed by atoms with Crippen LogP contribution in [0.5, 0.6) is 0 Å². The van der Waals surface area contributed by atoms with Crippen LogP contribution in [-0.4, -0.2) is 36.9 Å². The number of methoxy groups -OCH3 is 1. The molecule has 1 aromatic carbocycles. The van der Waals surface area contributed by atoms with Crippen molar-refractivity contribution in [3.05, 3.63) is 35.9 Å². The van der Waals surface area contributed by atoms with Crippen molar-refractivity contribution >= 4 is 5.97 Å². The number of aliphatic hydroxyl groups is 1. The molecule has 1 aromatic rings. The van der Waals surface area contributed by atoms with Crippen LogP contribution in [-0.2, 0) is 9.53 Å². The maximum atomic E-state index is 11.9. The van der Waals surface area contributed by atoms with E-state index in [2.05, 4.69) is 5.32 Å². The van der Waals surface area contributed by atoms with Crippen molar-refractivity contribution in [3.63, 3.8) is 0 Å². The monoisotopic (exact) mass is 279 g/mol. The van der Waals surface area contributed by atoms with Gasteiger partial charge in [-0.1, -0.05) is 43.7 Å². The number of ether oxygens (including phenoxy) is 1. The van der Waals surface area contributed by atoms with E-state index >= 15 is 0 Å². The first kappa shape index (κ1) is 16.7. The molecule has 0 aliphatic rings. The first-order valence-electron chi connectivity index (χ1n) is 7.06. The smallest absolute Gasteiger partial charge is 0.314 e. The molecular weight excluding hydrogens is 254 g/mol. The van der Waals surface area contributed by atoms with Gasteiger partial charge in [0.2, 0.25) is 0 Å². The van der Waals surface area contributed by atoms with E-state index in [9.17, 15) is 9.90 Å². The normalized spacial score (nSPS) is 15.4. The summed E-state index contributed by atoms with van der Waals surface area (Å²) in [5.41, 5.74) is 0.175. The van der Waals surface area contributed by atoms with E-state index in [1.807, 2.05) is 37.3 Å². The maximum Gasteiger partial charge on any atom is 0.314 e. The van der Waals surface area contributed by atoms with E-state index < -0.39 is 5.60 Å².